The number of carbonyl (C=O) groups excluding carboxylic acids is 1. The number of rotatable bonds is 1. The number of fused-ring (bicyclic) bond motifs is 1. The lowest BCUT2D eigenvalue weighted by Gasteiger charge is -2.21. The summed E-state index contributed by atoms with van der Waals surface area (Å²) in [5.74, 6) is -0.0207. The Morgan fingerprint density at radius 3 is 2.71 bits per heavy atom. The highest BCUT2D eigenvalue weighted by Gasteiger charge is 2.21. The lowest BCUT2D eigenvalue weighted by Crippen LogP contribution is -2.30. The number of benzene rings is 2. The minimum atomic E-state index is -0.0207. The van der Waals surface area contributed by atoms with Gasteiger partial charge < -0.3 is 4.90 Å². The van der Waals surface area contributed by atoms with Crippen molar-refractivity contribution in [2.75, 3.05) is 6.54 Å². The smallest absolute Gasteiger partial charge is 0.255 e. The minimum Gasteiger partial charge on any atom is -0.334 e. The molecule has 0 aliphatic carbocycles. The lowest BCUT2D eigenvalue weighted by atomic mass is 10.0. The number of amides is 1. The molecule has 0 saturated carbocycles. The maximum atomic E-state index is 12.7. The summed E-state index contributed by atoms with van der Waals surface area (Å²) in [6, 6.07) is 13.6. The van der Waals surface area contributed by atoms with E-state index in [-0.39, 0.29) is 5.91 Å². The summed E-state index contributed by atoms with van der Waals surface area (Å²) in [5, 5.41) is 0.482. The van der Waals surface area contributed by atoms with Gasteiger partial charge in [0.15, 0.2) is 0 Å². The summed E-state index contributed by atoms with van der Waals surface area (Å²) in [6.07, 6.45) is 1.99. The molecule has 2 aromatic rings. The Hall–Kier alpha value is -1.45. The van der Waals surface area contributed by atoms with Crippen molar-refractivity contribution in [3.05, 3.63) is 64.2 Å². The molecule has 0 aromatic heterocycles. The van der Waals surface area contributed by atoms with Gasteiger partial charge in [0, 0.05) is 18.0 Å². The molecule has 0 fully saturated rings. The van der Waals surface area contributed by atoms with Crippen LogP contribution in [-0.4, -0.2) is 17.4 Å². The van der Waals surface area contributed by atoms with E-state index in [0.717, 1.165) is 24.3 Å². The molecule has 108 valence electrons. The molecule has 1 amide bonds. The molecule has 4 heteroatoms. The number of halogens is 1. The van der Waals surface area contributed by atoms with Crippen molar-refractivity contribution in [1.29, 1.82) is 0 Å². The van der Waals surface area contributed by atoms with Gasteiger partial charge >= 0.3 is 0 Å². The van der Waals surface area contributed by atoms with E-state index in [2.05, 4.69) is 30.8 Å². The summed E-state index contributed by atoms with van der Waals surface area (Å²) in [6.45, 7) is 1.39. The fourth-order valence-corrected chi connectivity index (χ4v) is 3.12. The molecule has 0 saturated heterocycles. The maximum absolute atomic E-state index is 12.7. The van der Waals surface area contributed by atoms with E-state index in [1.807, 2.05) is 11.0 Å². The van der Waals surface area contributed by atoms with Crippen LogP contribution in [0.4, 0.5) is 0 Å². The first-order valence-electron chi connectivity index (χ1n) is 7.00. The summed E-state index contributed by atoms with van der Waals surface area (Å²) >= 11 is 10.5. The van der Waals surface area contributed by atoms with E-state index < -0.39 is 0 Å². The molecule has 0 N–H and O–H groups in total. The van der Waals surface area contributed by atoms with Crippen LogP contribution >= 0.6 is 24.2 Å². The predicted octanol–water partition coefficient (Wildman–Crippen LogP) is 4.22. The third-order valence-corrected chi connectivity index (χ3v) is 4.43. The van der Waals surface area contributed by atoms with E-state index in [1.165, 1.54) is 11.1 Å². The van der Waals surface area contributed by atoms with Crippen LogP contribution in [0.5, 0.6) is 0 Å². The third kappa shape index (κ3) is 3.09. The molecule has 1 aliphatic heterocycles. The average molecular weight is 318 g/mol. The summed E-state index contributed by atoms with van der Waals surface area (Å²) < 4.78 is 0. The van der Waals surface area contributed by atoms with Crippen LogP contribution in [0, 0.1) is 0 Å². The van der Waals surface area contributed by atoms with Gasteiger partial charge in [-0.3, -0.25) is 4.79 Å². The molecule has 2 aromatic carbocycles. The first-order chi connectivity index (χ1) is 10.1. The second-order valence-corrected chi connectivity index (χ2v) is 6.19. The second-order valence-electron chi connectivity index (χ2n) is 5.26. The Balaban J connectivity index is 1.90. The van der Waals surface area contributed by atoms with Gasteiger partial charge in [0.2, 0.25) is 0 Å². The van der Waals surface area contributed by atoms with Crippen molar-refractivity contribution in [2.24, 2.45) is 0 Å². The number of hydrogen-bond donors (Lipinski definition) is 1. The van der Waals surface area contributed by atoms with Gasteiger partial charge in [0.1, 0.15) is 0 Å². The van der Waals surface area contributed by atoms with E-state index >= 15 is 0 Å². The predicted molar refractivity (Wildman–Crippen MR) is 88.2 cm³/mol. The Morgan fingerprint density at radius 1 is 1.14 bits per heavy atom. The molecule has 1 heterocycles. The van der Waals surface area contributed by atoms with Crippen molar-refractivity contribution in [2.45, 2.75) is 24.3 Å². The van der Waals surface area contributed by atoms with Crippen LogP contribution in [-0.2, 0) is 13.0 Å². The number of aryl methyl sites for hydroxylation is 1. The first kappa shape index (κ1) is 14.5. The van der Waals surface area contributed by atoms with Crippen LogP contribution in [0.1, 0.15) is 27.9 Å². The van der Waals surface area contributed by atoms with E-state index in [9.17, 15) is 4.79 Å². The fraction of sp³-hybridized carbons (Fsp3) is 0.235. The fourth-order valence-electron chi connectivity index (χ4n) is 2.72. The zero-order chi connectivity index (χ0) is 14.8. The minimum absolute atomic E-state index is 0.0207. The van der Waals surface area contributed by atoms with Crippen molar-refractivity contribution in [3.63, 3.8) is 0 Å². The van der Waals surface area contributed by atoms with Gasteiger partial charge in [-0.05, 0) is 42.2 Å². The molecule has 0 atom stereocenters. The molecule has 0 radical (unpaired) electrons. The normalized spacial score (nSPS) is 14.5. The lowest BCUT2D eigenvalue weighted by molar-refractivity contribution is 0.0746. The van der Waals surface area contributed by atoms with Crippen molar-refractivity contribution < 1.29 is 4.79 Å². The number of thiol groups is 1. The molecular weight excluding hydrogens is 302 g/mol. The summed E-state index contributed by atoms with van der Waals surface area (Å²) in [5.41, 5.74) is 3.09. The molecule has 3 rings (SSSR count). The van der Waals surface area contributed by atoms with Crippen LogP contribution in [0.3, 0.4) is 0 Å². The van der Waals surface area contributed by atoms with Crippen LogP contribution in [0.25, 0.3) is 0 Å². The number of carbonyl (C=O) groups is 1. The highest BCUT2D eigenvalue weighted by Crippen LogP contribution is 2.24. The topological polar surface area (TPSA) is 20.3 Å². The highest BCUT2D eigenvalue weighted by atomic mass is 35.5. The highest BCUT2D eigenvalue weighted by molar-refractivity contribution is 7.80. The summed E-state index contributed by atoms with van der Waals surface area (Å²) in [4.78, 5) is 15.4. The quantitative estimate of drug-likeness (QED) is 0.781. The van der Waals surface area contributed by atoms with E-state index in [1.54, 1.807) is 18.2 Å². The molecule has 1 aliphatic rings. The van der Waals surface area contributed by atoms with Gasteiger partial charge in [-0.15, -0.1) is 12.6 Å². The Kier molecular flexibility index (Phi) is 4.22. The van der Waals surface area contributed by atoms with Gasteiger partial charge in [0.05, 0.1) is 10.6 Å². The van der Waals surface area contributed by atoms with Crippen LogP contribution < -0.4 is 0 Å². The second kappa shape index (κ2) is 6.12. The summed E-state index contributed by atoms with van der Waals surface area (Å²) in [7, 11) is 0. The zero-order valence-electron chi connectivity index (χ0n) is 11.6. The van der Waals surface area contributed by atoms with Gasteiger partial charge in [-0.25, -0.2) is 0 Å². The number of nitrogens with zero attached hydrogens (tertiary/aromatic N) is 1. The Labute approximate surface area is 135 Å². The van der Waals surface area contributed by atoms with Gasteiger partial charge in [-0.2, -0.15) is 0 Å². The van der Waals surface area contributed by atoms with E-state index in [0.29, 0.717) is 17.1 Å². The van der Waals surface area contributed by atoms with Gasteiger partial charge in [0.25, 0.3) is 5.91 Å². The maximum Gasteiger partial charge on any atom is 0.255 e. The van der Waals surface area contributed by atoms with Crippen molar-refractivity contribution >= 4 is 30.1 Å². The largest absolute Gasteiger partial charge is 0.334 e. The van der Waals surface area contributed by atoms with E-state index in [4.69, 9.17) is 11.6 Å². The average Bonchev–Trinajstić information content (AvgIpc) is 2.71. The molecule has 0 spiro atoms. The standard InChI is InChI=1S/C17H16ClNOS/c18-16-8-7-14(21)10-15(16)17(20)19-9-3-6-12-4-1-2-5-13(12)11-19/h1-2,4-5,7-8,10,21H,3,6,9,11H2. The Morgan fingerprint density at radius 2 is 1.90 bits per heavy atom. The van der Waals surface area contributed by atoms with Crippen molar-refractivity contribution in [3.8, 4) is 0 Å². The monoisotopic (exact) mass is 317 g/mol. The van der Waals surface area contributed by atoms with Crippen molar-refractivity contribution in [1.82, 2.24) is 4.90 Å². The van der Waals surface area contributed by atoms with Gasteiger partial charge in [-0.1, -0.05) is 35.9 Å². The van der Waals surface area contributed by atoms with Crippen LogP contribution in [0.2, 0.25) is 5.02 Å². The first-order valence-corrected chi connectivity index (χ1v) is 7.82. The molecule has 0 bridgehead atoms. The Bertz CT molecular complexity index is 686. The molecular formula is C17H16ClNOS. The van der Waals surface area contributed by atoms with Crippen LogP contribution in [0.15, 0.2) is 47.4 Å². The molecule has 2 nitrogen and oxygen atoms in total. The molecule has 0 unspecified atom stereocenters. The molecule has 21 heavy (non-hydrogen) atoms. The SMILES string of the molecule is O=C(c1cc(S)ccc1Cl)N1CCCc2ccccc2C1. The number of hydrogen-bond acceptors (Lipinski definition) is 2. The zero-order valence-corrected chi connectivity index (χ0v) is 13.2. The third-order valence-electron chi connectivity index (χ3n) is 3.82.